The minimum Gasteiger partial charge on any atom is -0.481 e. The number of rotatable bonds is 2. The normalized spacial score (nSPS) is 29.8. The maximum absolute atomic E-state index is 12.3. The number of piperidine rings is 1. The summed E-state index contributed by atoms with van der Waals surface area (Å²) in [7, 11) is 0. The van der Waals surface area contributed by atoms with E-state index in [0.717, 1.165) is 45.2 Å². The van der Waals surface area contributed by atoms with E-state index in [2.05, 4.69) is 19.2 Å². The van der Waals surface area contributed by atoms with E-state index in [-0.39, 0.29) is 17.5 Å². The van der Waals surface area contributed by atoms with Crippen LogP contribution < -0.4 is 5.32 Å². The highest BCUT2D eigenvalue weighted by Gasteiger charge is 2.34. The zero-order chi connectivity index (χ0) is 14.8. The van der Waals surface area contributed by atoms with E-state index in [1.165, 1.54) is 0 Å². The van der Waals surface area contributed by atoms with Gasteiger partial charge in [0.25, 0.3) is 0 Å². The number of nitrogens with one attached hydrogen (secondary N) is 1. The molecule has 1 saturated carbocycles. The molecule has 1 heterocycles. The summed E-state index contributed by atoms with van der Waals surface area (Å²) >= 11 is 0. The van der Waals surface area contributed by atoms with E-state index in [0.29, 0.717) is 6.42 Å². The molecular formula is C15H26N2O3. The average Bonchev–Trinajstić information content (AvgIpc) is 2.38. The molecule has 0 aromatic rings. The fourth-order valence-corrected chi connectivity index (χ4v) is 3.45. The Balaban J connectivity index is 1.94. The number of likely N-dealkylation sites (tertiary alicyclic amines) is 1. The Labute approximate surface area is 120 Å². The van der Waals surface area contributed by atoms with E-state index in [9.17, 15) is 14.7 Å². The molecule has 2 N–H and O–H groups in total. The lowest BCUT2D eigenvalue weighted by Crippen LogP contribution is -2.53. The number of carboxylic acids is 1. The monoisotopic (exact) mass is 282 g/mol. The van der Waals surface area contributed by atoms with Crippen molar-refractivity contribution in [3.05, 3.63) is 0 Å². The fourth-order valence-electron chi connectivity index (χ4n) is 3.45. The second-order valence-corrected chi connectivity index (χ2v) is 6.97. The Morgan fingerprint density at radius 1 is 1.20 bits per heavy atom. The lowest BCUT2D eigenvalue weighted by atomic mass is 9.83. The molecule has 5 heteroatoms. The molecular weight excluding hydrogens is 256 g/mol. The molecule has 0 aromatic heterocycles. The molecule has 2 fully saturated rings. The summed E-state index contributed by atoms with van der Waals surface area (Å²) in [5.74, 6) is -1.21. The Morgan fingerprint density at radius 2 is 1.90 bits per heavy atom. The van der Waals surface area contributed by atoms with Crippen LogP contribution in [0.25, 0.3) is 0 Å². The van der Waals surface area contributed by atoms with Gasteiger partial charge in [0.15, 0.2) is 0 Å². The SMILES string of the molecule is CC1(C)CCCN(C(=O)NC2CCCCC2C(=O)O)C1. The molecule has 0 radical (unpaired) electrons. The molecule has 2 amide bonds. The molecule has 20 heavy (non-hydrogen) atoms. The zero-order valence-corrected chi connectivity index (χ0v) is 12.5. The standard InChI is InChI=1S/C15H26N2O3/c1-15(2)8-5-9-17(10-15)14(20)16-12-7-4-3-6-11(12)13(18)19/h11-12H,3-10H2,1-2H3,(H,16,20)(H,18,19). The van der Waals surface area contributed by atoms with Crippen molar-refractivity contribution in [1.82, 2.24) is 10.2 Å². The molecule has 114 valence electrons. The van der Waals surface area contributed by atoms with Gasteiger partial charge < -0.3 is 15.3 Å². The van der Waals surface area contributed by atoms with Gasteiger partial charge in [-0.3, -0.25) is 4.79 Å². The third-order valence-corrected chi connectivity index (χ3v) is 4.58. The number of amides is 2. The van der Waals surface area contributed by atoms with Crippen molar-refractivity contribution in [2.45, 2.75) is 58.4 Å². The first-order valence-corrected chi connectivity index (χ1v) is 7.67. The second kappa shape index (κ2) is 6.02. The number of carboxylic acid groups (broad SMARTS) is 1. The summed E-state index contributed by atoms with van der Waals surface area (Å²) in [4.78, 5) is 25.4. The molecule has 0 bridgehead atoms. The van der Waals surface area contributed by atoms with Gasteiger partial charge in [-0.2, -0.15) is 0 Å². The molecule has 2 rings (SSSR count). The lowest BCUT2D eigenvalue weighted by molar-refractivity contribution is -0.143. The maximum atomic E-state index is 12.3. The molecule has 2 atom stereocenters. The Hall–Kier alpha value is -1.26. The molecule has 2 aliphatic rings. The number of carbonyl (C=O) groups is 2. The highest BCUT2D eigenvalue weighted by atomic mass is 16.4. The largest absolute Gasteiger partial charge is 0.481 e. The van der Waals surface area contributed by atoms with Crippen LogP contribution in [0.15, 0.2) is 0 Å². The summed E-state index contributed by atoms with van der Waals surface area (Å²) in [5.41, 5.74) is 0.161. The van der Waals surface area contributed by atoms with E-state index in [1.807, 2.05) is 4.90 Å². The first-order chi connectivity index (χ1) is 9.39. The molecule has 1 saturated heterocycles. The molecule has 0 spiro atoms. The highest BCUT2D eigenvalue weighted by molar-refractivity contribution is 5.77. The number of hydrogen-bond donors (Lipinski definition) is 2. The molecule has 2 unspecified atom stereocenters. The van der Waals surface area contributed by atoms with Gasteiger partial charge >= 0.3 is 12.0 Å². The Kier molecular flexibility index (Phi) is 4.55. The van der Waals surface area contributed by atoms with Crippen molar-refractivity contribution in [2.24, 2.45) is 11.3 Å². The van der Waals surface area contributed by atoms with Crippen LogP contribution >= 0.6 is 0 Å². The summed E-state index contributed by atoms with van der Waals surface area (Å²) < 4.78 is 0. The highest BCUT2D eigenvalue weighted by Crippen LogP contribution is 2.29. The van der Waals surface area contributed by atoms with Crippen LogP contribution in [-0.2, 0) is 4.79 Å². The van der Waals surface area contributed by atoms with E-state index in [4.69, 9.17) is 0 Å². The van der Waals surface area contributed by atoms with Gasteiger partial charge in [-0.15, -0.1) is 0 Å². The van der Waals surface area contributed by atoms with Crippen LogP contribution in [0.1, 0.15) is 52.4 Å². The van der Waals surface area contributed by atoms with Gasteiger partial charge in [-0.25, -0.2) is 4.79 Å². The maximum Gasteiger partial charge on any atom is 0.317 e. The van der Waals surface area contributed by atoms with Gasteiger partial charge in [0, 0.05) is 19.1 Å². The van der Waals surface area contributed by atoms with Crippen LogP contribution in [0.2, 0.25) is 0 Å². The van der Waals surface area contributed by atoms with Crippen LogP contribution in [-0.4, -0.2) is 41.1 Å². The van der Waals surface area contributed by atoms with Crippen LogP contribution in [0.4, 0.5) is 4.79 Å². The molecule has 5 nitrogen and oxygen atoms in total. The summed E-state index contributed by atoms with van der Waals surface area (Å²) in [6, 6.07) is -0.297. The van der Waals surface area contributed by atoms with Gasteiger partial charge in [0.05, 0.1) is 5.92 Å². The minimum absolute atomic E-state index is 0.0871. The number of hydrogen-bond acceptors (Lipinski definition) is 2. The summed E-state index contributed by atoms with van der Waals surface area (Å²) in [6.45, 7) is 5.88. The van der Waals surface area contributed by atoms with Gasteiger partial charge in [-0.1, -0.05) is 26.7 Å². The quantitative estimate of drug-likeness (QED) is 0.817. The lowest BCUT2D eigenvalue weighted by Gasteiger charge is -2.39. The summed E-state index contributed by atoms with van der Waals surface area (Å²) in [5, 5.41) is 12.2. The number of aliphatic carboxylic acids is 1. The van der Waals surface area contributed by atoms with Gasteiger partial charge in [0.2, 0.25) is 0 Å². The van der Waals surface area contributed by atoms with Crippen molar-refractivity contribution in [1.29, 1.82) is 0 Å². The van der Waals surface area contributed by atoms with E-state index in [1.54, 1.807) is 0 Å². The molecule has 1 aliphatic carbocycles. The van der Waals surface area contributed by atoms with Crippen molar-refractivity contribution in [2.75, 3.05) is 13.1 Å². The third kappa shape index (κ3) is 3.64. The Morgan fingerprint density at radius 3 is 2.55 bits per heavy atom. The first-order valence-electron chi connectivity index (χ1n) is 7.67. The smallest absolute Gasteiger partial charge is 0.317 e. The van der Waals surface area contributed by atoms with Gasteiger partial charge in [-0.05, 0) is 31.1 Å². The van der Waals surface area contributed by atoms with Crippen LogP contribution in [0.5, 0.6) is 0 Å². The minimum atomic E-state index is -0.783. The van der Waals surface area contributed by atoms with Crippen LogP contribution in [0.3, 0.4) is 0 Å². The van der Waals surface area contributed by atoms with E-state index >= 15 is 0 Å². The third-order valence-electron chi connectivity index (χ3n) is 4.58. The van der Waals surface area contributed by atoms with E-state index < -0.39 is 11.9 Å². The van der Waals surface area contributed by atoms with Crippen molar-refractivity contribution >= 4 is 12.0 Å². The fraction of sp³-hybridized carbons (Fsp3) is 0.867. The number of nitrogens with zero attached hydrogens (tertiary/aromatic N) is 1. The number of urea groups is 1. The summed E-state index contributed by atoms with van der Waals surface area (Å²) in [6.07, 6.45) is 5.55. The van der Waals surface area contributed by atoms with Crippen molar-refractivity contribution in [3.8, 4) is 0 Å². The predicted octanol–water partition coefficient (Wildman–Crippen LogP) is 2.46. The second-order valence-electron chi connectivity index (χ2n) is 6.97. The van der Waals surface area contributed by atoms with Crippen molar-refractivity contribution in [3.63, 3.8) is 0 Å². The Bertz CT molecular complexity index is 381. The zero-order valence-electron chi connectivity index (χ0n) is 12.5. The predicted molar refractivity (Wildman–Crippen MR) is 76.5 cm³/mol. The number of carbonyl (C=O) groups excluding carboxylic acids is 1. The molecule has 1 aliphatic heterocycles. The van der Waals surface area contributed by atoms with Crippen molar-refractivity contribution < 1.29 is 14.7 Å². The first kappa shape index (κ1) is 15.1. The van der Waals surface area contributed by atoms with Crippen LogP contribution in [0, 0.1) is 11.3 Å². The topological polar surface area (TPSA) is 69.6 Å². The molecule has 0 aromatic carbocycles. The average molecular weight is 282 g/mol. The van der Waals surface area contributed by atoms with Gasteiger partial charge in [0.1, 0.15) is 0 Å².